The maximum absolute atomic E-state index is 13.7. The third-order valence-electron chi connectivity index (χ3n) is 6.32. The molecule has 0 aliphatic carbocycles. The summed E-state index contributed by atoms with van der Waals surface area (Å²) in [6, 6.07) is 16.6. The Morgan fingerprint density at radius 1 is 1.11 bits per heavy atom. The average Bonchev–Trinajstić information content (AvgIpc) is 3.30. The van der Waals surface area contributed by atoms with Crippen LogP contribution < -0.4 is 10.1 Å². The number of rotatable bonds is 8. The summed E-state index contributed by atoms with van der Waals surface area (Å²) in [5.74, 6) is -0.688. The number of carbonyl (C=O) groups is 3. The van der Waals surface area contributed by atoms with E-state index in [0.717, 1.165) is 16.7 Å². The number of methoxy groups -OCH3 is 1. The van der Waals surface area contributed by atoms with Crippen LogP contribution in [0.1, 0.15) is 51.5 Å². The number of hydrogen-bond acceptors (Lipinski definition) is 6. The number of aryl methyl sites for hydroxylation is 1. The van der Waals surface area contributed by atoms with Crippen molar-refractivity contribution in [1.82, 2.24) is 20.0 Å². The second-order valence-electron chi connectivity index (χ2n) is 8.98. The quantitative estimate of drug-likeness (QED) is 0.487. The molecule has 9 nitrogen and oxygen atoms in total. The van der Waals surface area contributed by atoms with Gasteiger partial charge in [0.15, 0.2) is 5.69 Å². The maximum Gasteiger partial charge on any atom is 0.358 e. The van der Waals surface area contributed by atoms with Crippen LogP contribution in [0, 0.1) is 6.92 Å². The van der Waals surface area contributed by atoms with Crippen LogP contribution in [0.5, 0.6) is 5.75 Å². The number of benzene rings is 2. The van der Waals surface area contributed by atoms with Gasteiger partial charge < -0.3 is 19.7 Å². The standard InChI is InChI=1S/C27H30N4O5/c1-5-36-25(33)22-14-23-24(32)30(16-20-7-6-8-21(13-20)35-4)27(3,17-31(23)29-22)26(34)28-15-19-11-9-18(2)10-12-19/h6-14H,5,15-17H2,1-4H3,(H,28,34). The molecule has 0 spiro atoms. The number of amides is 2. The summed E-state index contributed by atoms with van der Waals surface area (Å²) in [7, 11) is 1.57. The highest BCUT2D eigenvalue weighted by Gasteiger charge is 2.48. The lowest BCUT2D eigenvalue weighted by Crippen LogP contribution is -2.63. The monoisotopic (exact) mass is 490 g/mol. The molecule has 2 aromatic carbocycles. The van der Waals surface area contributed by atoms with Crippen LogP contribution in [0.2, 0.25) is 0 Å². The summed E-state index contributed by atoms with van der Waals surface area (Å²) in [5.41, 5.74) is 1.87. The third-order valence-corrected chi connectivity index (χ3v) is 6.32. The van der Waals surface area contributed by atoms with Gasteiger partial charge in [-0.25, -0.2) is 4.79 Å². The van der Waals surface area contributed by atoms with E-state index in [1.807, 2.05) is 55.5 Å². The molecule has 2 amide bonds. The normalized spacial score (nSPS) is 16.9. The van der Waals surface area contributed by atoms with Crippen LogP contribution in [-0.4, -0.2) is 51.7 Å². The average molecular weight is 491 g/mol. The van der Waals surface area contributed by atoms with Gasteiger partial charge in [0.25, 0.3) is 5.91 Å². The molecule has 9 heteroatoms. The zero-order valence-electron chi connectivity index (χ0n) is 20.9. The zero-order valence-corrected chi connectivity index (χ0v) is 20.9. The Morgan fingerprint density at radius 3 is 2.56 bits per heavy atom. The highest BCUT2D eigenvalue weighted by atomic mass is 16.5. The molecule has 0 radical (unpaired) electrons. The van der Waals surface area contributed by atoms with Crippen LogP contribution in [0.3, 0.4) is 0 Å². The number of nitrogens with zero attached hydrogens (tertiary/aromatic N) is 3. The van der Waals surface area contributed by atoms with Crippen LogP contribution in [-0.2, 0) is 29.2 Å². The molecule has 1 N–H and O–H groups in total. The summed E-state index contributed by atoms with van der Waals surface area (Å²) >= 11 is 0. The van der Waals surface area contributed by atoms with Crippen molar-refractivity contribution in [3.05, 3.63) is 82.7 Å². The van der Waals surface area contributed by atoms with Gasteiger partial charge in [0.2, 0.25) is 5.91 Å². The summed E-state index contributed by atoms with van der Waals surface area (Å²) in [6.45, 7) is 6.17. The SMILES string of the molecule is CCOC(=O)c1cc2n(n1)CC(C)(C(=O)NCc1ccc(C)cc1)N(Cc1cccc(OC)c1)C2=O. The smallest absolute Gasteiger partial charge is 0.358 e. The minimum Gasteiger partial charge on any atom is -0.497 e. The number of carbonyl (C=O) groups excluding carboxylic acids is 3. The molecule has 3 aromatic rings. The van der Waals surface area contributed by atoms with Gasteiger partial charge in [-0.15, -0.1) is 0 Å². The Hall–Kier alpha value is -4.14. The van der Waals surface area contributed by atoms with Gasteiger partial charge in [-0.3, -0.25) is 14.3 Å². The fourth-order valence-corrected chi connectivity index (χ4v) is 4.23. The topological polar surface area (TPSA) is 103 Å². The second kappa shape index (κ2) is 10.2. The van der Waals surface area contributed by atoms with E-state index in [1.165, 1.54) is 15.6 Å². The Kier molecular flexibility index (Phi) is 7.10. The number of nitrogens with one attached hydrogen (secondary N) is 1. The molecule has 1 aliphatic rings. The number of aromatic nitrogens is 2. The molecule has 188 valence electrons. The van der Waals surface area contributed by atoms with Gasteiger partial charge in [-0.2, -0.15) is 5.10 Å². The minimum absolute atomic E-state index is 0.0332. The lowest BCUT2D eigenvalue weighted by atomic mass is 9.94. The van der Waals surface area contributed by atoms with Crippen LogP contribution in [0.4, 0.5) is 0 Å². The van der Waals surface area contributed by atoms with E-state index >= 15 is 0 Å². The van der Waals surface area contributed by atoms with Crippen molar-refractivity contribution in [2.75, 3.05) is 13.7 Å². The van der Waals surface area contributed by atoms with E-state index in [4.69, 9.17) is 9.47 Å². The summed E-state index contributed by atoms with van der Waals surface area (Å²) in [6.07, 6.45) is 0. The molecule has 36 heavy (non-hydrogen) atoms. The largest absolute Gasteiger partial charge is 0.497 e. The van der Waals surface area contributed by atoms with Crippen molar-refractivity contribution in [1.29, 1.82) is 0 Å². The minimum atomic E-state index is -1.27. The fourth-order valence-electron chi connectivity index (χ4n) is 4.23. The molecule has 1 aromatic heterocycles. The molecule has 1 aliphatic heterocycles. The lowest BCUT2D eigenvalue weighted by Gasteiger charge is -2.43. The van der Waals surface area contributed by atoms with Gasteiger partial charge in [-0.05, 0) is 44.0 Å². The third kappa shape index (κ3) is 4.95. The van der Waals surface area contributed by atoms with Gasteiger partial charge in [0.1, 0.15) is 17.0 Å². The molecule has 4 rings (SSSR count). The van der Waals surface area contributed by atoms with E-state index in [9.17, 15) is 14.4 Å². The Balaban J connectivity index is 1.67. The van der Waals surface area contributed by atoms with Crippen molar-refractivity contribution < 1.29 is 23.9 Å². The van der Waals surface area contributed by atoms with Gasteiger partial charge in [0, 0.05) is 19.2 Å². The predicted octanol–water partition coefficient (Wildman–Crippen LogP) is 3.11. The molecular formula is C27H30N4O5. The van der Waals surface area contributed by atoms with E-state index in [1.54, 1.807) is 21.0 Å². The zero-order chi connectivity index (χ0) is 25.9. The summed E-state index contributed by atoms with van der Waals surface area (Å²) in [5, 5.41) is 7.27. The van der Waals surface area contributed by atoms with E-state index in [0.29, 0.717) is 12.3 Å². The molecule has 2 heterocycles. The van der Waals surface area contributed by atoms with Gasteiger partial charge in [-0.1, -0.05) is 42.0 Å². The van der Waals surface area contributed by atoms with Gasteiger partial charge >= 0.3 is 5.97 Å². The van der Waals surface area contributed by atoms with Crippen molar-refractivity contribution >= 4 is 17.8 Å². The van der Waals surface area contributed by atoms with Crippen molar-refractivity contribution in [3.8, 4) is 5.75 Å². The van der Waals surface area contributed by atoms with E-state index in [-0.39, 0.29) is 37.0 Å². The first-order valence-corrected chi connectivity index (χ1v) is 11.8. The Morgan fingerprint density at radius 2 is 1.86 bits per heavy atom. The molecule has 0 bridgehead atoms. The van der Waals surface area contributed by atoms with E-state index < -0.39 is 17.4 Å². The highest BCUT2D eigenvalue weighted by Crippen LogP contribution is 2.30. The van der Waals surface area contributed by atoms with Crippen LogP contribution >= 0.6 is 0 Å². The van der Waals surface area contributed by atoms with Crippen molar-refractivity contribution in [2.24, 2.45) is 0 Å². The predicted molar refractivity (Wildman–Crippen MR) is 132 cm³/mol. The fraction of sp³-hybridized carbons (Fsp3) is 0.333. The summed E-state index contributed by atoms with van der Waals surface area (Å²) < 4.78 is 11.8. The van der Waals surface area contributed by atoms with Crippen LogP contribution in [0.15, 0.2) is 54.6 Å². The molecule has 0 saturated heterocycles. The Labute approximate surface area is 210 Å². The molecule has 1 atom stereocenters. The van der Waals surface area contributed by atoms with Gasteiger partial charge in [0.05, 0.1) is 20.3 Å². The Bertz CT molecular complexity index is 1280. The van der Waals surface area contributed by atoms with Crippen molar-refractivity contribution in [2.45, 2.75) is 45.9 Å². The maximum atomic E-state index is 13.7. The lowest BCUT2D eigenvalue weighted by molar-refractivity contribution is -0.133. The first-order valence-electron chi connectivity index (χ1n) is 11.8. The first kappa shape index (κ1) is 25.0. The molecule has 1 unspecified atom stereocenters. The highest BCUT2D eigenvalue weighted by molar-refractivity contribution is 6.01. The number of esters is 1. The van der Waals surface area contributed by atoms with Crippen molar-refractivity contribution in [3.63, 3.8) is 0 Å². The molecule has 0 saturated carbocycles. The number of fused-ring (bicyclic) bond motifs is 1. The van der Waals surface area contributed by atoms with E-state index in [2.05, 4.69) is 10.4 Å². The molecule has 0 fully saturated rings. The second-order valence-corrected chi connectivity index (χ2v) is 8.98. The molecular weight excluding hydrogens is 460 g/mol. The number of ether oxygens (including phenoxy) is 2. The first-order chi connectivity index (χ1) is 17.2. The number of hydrogen-bond donors (Lipinski definition) is 1. The summed E-state index contributed by atoms with van der Waals surface area (Å²) in [4.78, 5) is 41.1. The van der Waals surface area contributed by atoms with Crippen LogP contribution in [0.25, 0.3) is 0 Å².